The minimum atomic E-state index is -0.0824. The number of nitrogens with zero attached hydrogens (tertiary/aromatic N) is 1. The van der Waals surface area contributed by atoms with Crippen LogP contribution in [0.1, 0.15) is 11.1 Å². The number of benzene rings is 2. The third kappa shape index (κ3) is 2.65. The minimum Gasteiger partial charge on any atom is -0.421 e. The Hall–Kier alpha value is -3.01. The number of aromatic nitrogens is 1. The second-order valence-corrected chi connectivity index (χ2v) is 4.53. The van der Waals surface area contributed by atoms with Crippen molar-refractivity contribution < 1.29 is 4.74 Å². The van der Waals surface area contributed by atoms with Gasteiger partial charge in [0, 0.05) is 18.0 Å². The summed E-state index contributed by atoms with van der Waals surface area (Å²) in [6, 6.07) is 16.9. The molecule has 0 unspecified atom stereocenters. The summed E-state index contributed by atoms with van der Waals surface area (Å²) in [6.07, 6.45) is 3.17. The van der Waals surface area contributed by atoms with Crippen molar-refractivity contribution >= 4 is 22.6 Å². The van der Waals surface area contributed by atoms with E-state index in [0.717, 1.165) is 10.8 Å². The van der Waals surface area contributed by atoms with Crippen LogP contribution in [-0.4, -0.2) is 16.8 Å². The lowest BCUT2D eigenvalue weighted by Gasteiger charge is -2.10. The maximum absolute atomic E-state index is 8.11. The van der Waals surface area contributed by atoms with Crippen molar-refractivity contribution in [2.45, 2.75) is 0 Å². The second-order valence-electron chi connectivity index (χ2n) is 4.53. The fourth-order valence-corrected chi connectivity index (χ4v) is 2.14. The van der Waals surface area contributed by atoms with Gasteiger partial charge in [-0.25, -0.2) is 0 Å². The van der Waals surface area contributed by atoms with Crippen LogP contribution in [0.2, 0.25) is 0 Å². The highest BCUT2D eigenvalue weighted by Gasteiger charge is 2.11. The van der Waals surface area contributed by atoms with Crippen LogP contribution in [0.15, 0.2) is 67.0 Å². The first kappa shape index (κ1) is 13.0. The van der Waals surface area contributed by atoms with E-state index in [2.05, 4.69) is 4.98 Å². The molecule has 1 heterocycles. The minimum absolute atomic E-state index is 0.0411. The Bertz CT molecular complexity index is 807. The summed E-state index contributed by atoms with van der Waals surface area (Å²) in [5.74, 6) is -0.123. The van der Waals surface area contributed by atoms with Crippen molar-refractivity contribution in [2.24, 2.45) is 0 Å². The number of fused-ring (bicyclic) bond motifs is 1. The monoisotopic (exact) mass is 275 g/mol. The van der Waals surface area contributed by atoms with Gasteiger partial charge in [0.15, 0.2) is 0 Å². The van der Waals surface area contributed by atoms with E-state index in [-0.39, 0.29) is 11.8 Å². The Morgan fingerprint density at radius 3 is 2.48 bits per heavy atom. The molecule has 0 atom stereocenters. The van der Waals surface area contributed by atoms with Crippen molar-refractivity contribution in [3.8, 4) is 0 Å². The molecule has 0 bridgehead atoms. The highest BCUT2D eigenvalue weighted by atomic mass is 16.5. The normalized spacial score (nSPS) is 10.3. The largest absolute Gasteiger partial charge is 0.421 e. The first-order chi connectivity index (χ1) is 10.3. The van der Waals surface area contributed by atoms with Crippen molar-refractivity contribution in [1.29, 1.82) is 10.8 Å². The summed E-state index contributed by atoms with van der Waals surface area (Å²) < 4.78 is 5.36. The molecule has 1 aromatic heterocycles. The fraction of sp³-hybridized carbons (Fsp3) is 0. The van der Waals surface area contributed by atoms with Crippen LogP contribution in [0, 0.1) is 10.8 Å². The lowest BCUT2D eigenvalue weighted by Crippen LogP contribution is -2.13. The Balaban J connectivity index is 1.90. The van der Waals surface area contributed by atoms with Gasteiger partial charge < -0.3 is 4.74 Å². The van der Waals surface area contributed by atoms with E-state index in [1.807, 2.05) is 42.5 Å². The van der Waals surface area contributed by atoms with Gasteiger partial charge in [-0.05, 0) is 29.0 Å². The maximum Gasteiger partial charge on any atom is 0.222 e. The predicted octanol–water partition coefficient (Wildman–Crippen LogP) is 3.60. The quantitative estimate of drug-likeness (QED) is 0.554. The molecule has 0 aliphatic rings. The molecule has 0 fully saturated rings. The van der Waals surface area contributed by atoms with Crippen LogP contribution >= 0.6 is 0 Å². The van der Waals surface area contributed by atoms with E-state index in [1.54, 1.807) is 24.5 Å². The van der Waals surface area contributed by atoms with Crippen molar-refractivity contribution in [2.75, 3.05) is 0 Å². The van der Waals surface area contributed by atoms with Crippen LogP contribution in [0.25, 0.3) is 10.8 Å². The molecular weight excluding hydrogens is 262 g/mol. The summed E-state index contributed by atoms with van der Waals surface area (Å²) >= 11 is 0. The molecule has 3 aromatic rings. The summed E-state index contributed by atoms with van der Waals surface area (Å²) in [5.41, 5.74) is 1.21. The summed E-state index contributed by atoms with van der Waals surface area (Å²) in [5, 5.41) is 18.0. The zero-order valence-corrected chi connectivity index (χ0v) is 11.2. The van der Waals surface area contributed by atoms with Gasteiger partial charge >= 0.3 is 0 Å². The SMILES string of the molecule is N=C(OC(=N)c1cccc2ccccc12)c1cccnc1. The van der Waals surface area contributed by atoms with Gasteiger partial charge in [-0.2, -0.15) is 0 Å². The molecule has 0 amide bonds. The third-order valence-corrected chi connectivity index (χ3v) is 3.16. The molecule has 3 rings (SSSR count). The molecule has 2 aromatic carbocycles. The standard InChI is InChI=1S/C17H13N3O/c18-16(13-7-4-10-20-11-13)21-17(19)15-9-3-6-12-5-1-2-8-14(12)15/h1-11,18-19H. The molecule has 0 radical (unpaired) electrons. The summed E-state index contributed by atoms with van der Waals surface area (Å²) in [4.78, 5) is 3.94. The third-order valence-electron chi connectivity index (χ3n) is 3.16. The highest BCUT2D eigenvalue weighted by Crippen LogP contribution is 2.19. The number of hydrogen-bond donors (Lipinski definition) is 2. The first-order valence-electron chi connectivity index (χ1n) is 6.49. The van der Waals surface area contributed by atoms with Gasteiger partial charge in [0.25, 0.3) is 0 Å². The molecular formula is C17H13N3O. The van der Waals surface area contributed by atoms with Crippen LogP contribution in [-0.2, 0) is 4.74 Å². The Morgan fingerprint density at radius 1 is 0.857 bits per heavy atom. The number of pyridine rings is 1. The van der Waals surface area contributed by atoms with Gasteiger partial charge in [-0.15, -0.1) is 0 Å². The van der Waals surface area contributed by atoms with Crippen molar-refractivity contribution in [3.63, 3.8) is 0 Å². The van der Waals surface area contributed by atoms with Gasteiger partial charge in [0.05, 0.1) is 5.56 Å². The Labute approximate surface area is 122 Å². The van der Waals surface area contributed by atoms with E-state index in [1.165, 1.54) is 0 Å². The molecule has 2 N–H and O–H groups in total. The number of nitrogens with one attached hydrogen (secondary N) is 2. The lowest BCUT2D eigenvalue weighted by molar-refractivity contribution is 0.538. The predicted molar refractivity (Wildman–Crippen MR) is 82.9 cm³/mol. The molecule has 21 heavy (non-hydrogen) atoms. The highest BCUT2D eigenvalue weighted by molar-refractivity contribution is 6.11. The van der Waals surface area contributed by atoms with Gasteiger partial charge in [0.1, 0.15) is 0 Å². The Kier molecular flexibility index (Phi) is 3.43. The maximum atomic E-state index is 8.11. The second kappa shape index (κ2) is 5.54. The van der Waals surface area contributed by atoms with Crippen LogP contribution in [0.4, 0.5) is 0 Å². The van der Waals surface area contributed by atoms with Crippen LogP contribution in [0.3, 0.4) is 0 Å². The number of ether oxygens (including phenoxy) is 1. The fourth-order valence-electron chi connectivity index (χ4n) is 2.14. The smallest absolute Gasteiger partial charge is 0.222 e. The lowest BCUT2D eigenvalue weighted by atomic mass is 10.0. The average Bonchev–Trinajstić information content (AvgIpc) is 2.55. The summed E-state index contributed by atoms with van der Waals surface area (Å²) in [6.45, 7) is 0. The molecule has 0 saturated carbocycles. The van der Waals surface area contributed by atoms with Gasteiger partial charge in [-0.3, -0.25) is 15.8 Å². The van der Waals surface area contributed by atoms with Gasteiger partial charge in [-0.1, -0.05) is 36.4 Å². The van der Waals surface area contributed by atoms with E-state index < -0.39 is 0 Å². The van der Waals surface area contributed by atoms with E-state index in [0.29, 0.717) is 11.1 Å². The molecule has 0 aliphatic heterocycles. The molecule has 0 spiro atoms. The molecule has 0 saturated heterocycles. The molecule has 4 nitrogen and oxygen atoms in total. The van der Waals surface area contributed by atoms with Crippen molar-refractivity contribution in [3.05, 3.63) is 78.1 Å². The van der Waals surface area contributed by atoms with Gasteiger partial charge in [0.2, 0.25) is 11.8 Å². The van der Waals surface area contributed by atoms with Crippen LogP contribution < -0.4 is 0 Å². The van der Waals surface area contributed by atoms with Crippen LogP contribution in [0.5, 0.6) is 0 Å². The summed E-state index contributed by atoms with van der Waals surface area (Å²) in [7, 11) is 0. The topological polar surface area (TPSA) is 69.8 Å². The molecule has 102 valence electrons. The zero-order valence-electron chi connectivity index (χ0n) is 11.2. The van der Waals surface area contributed by atoms with E-state index in [9.17, 15) is 0 Å². The van der Waals surface area contributed by atoms with E-state index in [4.69, 9.17) is 15.6 Å². The number of hydrogen-bond acceptors (Lipinski definition) is 4. The average molecular weight is 275 g/mol. The Morgan fingerprint density at radius 2 is 1.67 bits per heavy atom. The number of rotatable bonds is 2. The zero-order chi connectivity index (χ0) is 14.7. The molecule has 4 heteroatoms. The van der Waals surface area contributed by atoms with Crippen molar-refractivity contribution in [1.82, 2.24) is 4.98 Å². The first-order valence-corrected chi connectivity index (χ1v) is 6.49. The van der Waals surface area contributed by atoms with E-state index >= 15 is 0 Å². The molecule has 0 aliphatic carbocycles.